The quantitative estimate of drug-likeness (QED) is 0.580. The van der Waals surface area contributed by atoms with Crippen molar-refractivity contribution in [2.24, 2.45) is 0 Å². The molecule has 0 fully saturated rings. The van der Waals surface area contributed by atoms with Crippen LogP contribution in [0.4, 0.5) is 0 Å². The first-order valence-electron chi connectivity index (χ1n) is 3.07. The molecule has 0 radical (unpaired) electrons. The van der Waals surface area contributed by atoms with E-state index >= 15 is 0 Å². The van der Waals surface area contributed by atoms with E-state index in [0.717, 1.165) is 0 Å². The van der Waals surface area contributed by atoms with Gasteiger partial charge in [-0.15, -0.1) is 0 Å². The fourth-order valence-electron chi connectivity index (χ4n) is 0.702. The summed E-state index contributed by atoms with van der Waals surface area (Å²) in [5.74, 6) is -0.602. The van der Waals surface area contributed by atoms with Crippen LogP contribution in [0.15, 0.2) is 18.2 Å². The summed E-state index contributed by atoms with van der Waals surface area (Å²) in [4.78, 5) is 0. The lowest BCUT2D eigenvalue weighted by Crippen LogP contribution is -1.98. The summed E-state index contributed by atoms with van der Waals surface area (Å²) in [6, 6.07) is 4.26. The van der Waals surface area contributed by atoms with Gasteiger partial charge in [-0.1, -0.05) is 29.3 Å². The van der Waals surface area contributed by atoms with E-state index in [1.807, 2.05) is 0 Å². The van der Waals surface area contributed by atoms with E-state index in [2.05, 4.69) is 0 Å². The molecule has 0 spiro atoms. The van der Waals surface area contributed by atoms with E-state index in [-0.39, 0.29) is 17.2 Å². The van der Waals surface area contributed by atoms with E-state index in [0.29, 0.717) is 0 Å². The van der Waals surface area contributed by atoms with Gasteiger partial charge in [0.25, 0.3) is 0 Å². The van der Waals surface area contributed by atoms with Crippen LogP contribution >= 0.6 is 23.2 Å². The minimum atomic E-state index is -1.07. The summed E-state index contributed by atoms with van der Waals surface area (Å²) in [5.41, 5.74) is 0. The maximum atomic E-state index is 9.15. The summed E-state index contributed by atoms with van der Waals surface area (Å²) in [6.07, 6.45) is 0. The zero-order valence-corrected chi connectivity index (χ0v) is 7.38. The molecule has 1 aromatic rings. The molecule has 0 aliphatic carbocycles. The highest BCUT2D eigenvalue weighted by atomic mass is 35.5. The predicted molar refractivity (Wildman–Crippen MR) is 45.9 cm³/mol. The Morgan fingerprint density at radius 3 is 2.50 bits per heavy atom. The molecule has 0 unspecified atom stereocenters. The maximum absolute atomic E-state index is 9.15. The van der Waals surface area contributed by atoms with Crippen molar-refractivity contribution in [2.75, 3.05) is 0 Å². The third kappa shape index (κ3) is 2.09. The van der Waals surface area contributed by atoms with Crippen LogP contribution in [-0.4, -0.2) is 15.2 Å². The number of hydrogen-bond donors (Lipinski definition) is 2. The molecule has 12 heavy (non-hydrogen) atoms. The topological polar surface area (TPSA) is 49.7 Å². The third-order valence-electron chi connectivity index (χ3n) is 1.19. The second kappa shape index (κ2) is 3.74. The molecule has 0 aliphatic rings. The van der Waals surface area contributed by atoms with Gasteiger partial charge in [-0.2, -0.15) is 0 Å². The van der Waals surface area contributed by atoms with Crippen LogP contribution in [-0.2, 0) is 0 Å². The van der Waals surface area contributed by atoms with Crippen LogP contribution in [0.25, 0.3) is 0 Å². The molecule has 0 saturated carbocycles. The Morgan fingerprint density at radius 1 is 1.25 bits per heavy atom. The molecule has 0 aromatic heterocycles. The van der Waals surface area contributed by atoms with Crippen molar-refractivity contribution in [3.8, 4) is 17.2 Å². The summed E-state index contributed by atoms with van der Waals surface area (Å²) in [5, 5.41) is 17.1. The molecule has 66 valence electrons. The minimum absolute atomic E-state index is 0.0463. The molecule has 0 amide bonds. The van der Waals surface area contributed by atoms with E-state index in [4.69, 9.17) is 38.2 Å². The summed E-state index contributed by atoms with van der Waals surface area (Å²) in [7, 11) is 0. The van der Waals surface area contributed by atoms with Crippen molar-refractivity contribution in [1.82, 2.24) is 0 Å². The van der Waals surface area contributed by atoms with Gasteiger partial charge in [0.2, 0.25) is 10.8 Å². The molecule has 0 heterocycles. The summed E-state index contributed by atoms with van der Waals surface area (Å²) in [6.45, 7) is 0. The molecular formula is C7H6Cl2O3. The standard InChI is InChI=1S/C7H6Cl2O3/c8-7(9)12-5-3-1-2-4(10)6(5)11/h1-3,7,10-11H. The Balaban J connectivity index is 2.92. The van der Waals surface area contributed by atoms with Crippen molar-refractivity contribution in [3.63, 3.8) is 0 Å². The molecular weight excluding hydrogens is 203 g/mol. The average molecular weight is 209 g/mol. The van der Waals surface area contributed by atoms with Gasteiger partial charge < -0.3 is 14.9 Å². The van der Waals surface area contributed by atoms with E-state index in [1.165, 1.54) is 18.2 Å². The van der Waals surface area contributed by atoms with E-state index in [9.17, 15) is 0 Å². The Bertz CT molecular complexity index is 275. The first kappa shape index (κ1) is 9.29. The minimum Gasteiger partial charge on any atom is -0.504 e. The van der Waals surface area contributed by atoms with Crippen LogP contribution in [0.2, 0.25) is 0 Å². The van der Waals surface area contributed by atoms with Crippen LogP contribution in [0.5, 0.6) is 17.2 Å². The number of phenols is 2. The predicted octanol–water partition coefficient (Wildman–Crippen LogP) is 2.24. The zero-order chi connectivity index (χ0) is 9.14. The molecule has 3 nitrogen and oxygen atoms in total. The third-order valence-corrected chi connectivity index (χ3v) is 1.37. The summed E-state index contributed by atoms with van der Waals surface area (Å²) >= 11 is 10.6. The lowest BCUT2D eigenvalue weighted by Gasteiger charge is -2.08. The Kier molecular flexibility index (Phi) is 2.89. The van der Waals surface area contributed by atoms with Crippen LogP contribution in [0.3, 0.4) is 0 Å². The number of para-hydroxylation sites is 1. The molecule has 0 bridgehead atoms. The van der Waals surface area contributed by atoms with Crippen molar-refractivity contribution in [2.45, 2.75) is 5.02 Å². The smallest absolute Gasteiger partial charge is 0.248 e. The average Bonchev–Trinajstić information content (AvgIpc) is 1.98. The first-order chi connectivity index (χ1) is 5.61. The Morgan fingerprint density at radius 2 is 1.92 bits per heavy atom. The number of halogens is 2. The van der Waals surface area contributed by atoms with E-state index < -0.39 is 5.02 Å². The van der Waals surface area contributed by atoms with Crippen LogP contribution in [0.1, 0.15) is 0 Å². The van der Waals surface area contributed by atoms with Gasteiger partial charge in [-0.25, -0.2) is 0 Å². The number of phenolic OH excluding ortho intramolecular Hbond substituents is 2. The number of alkyl halides is 2. The lowest BCUT2D eigenvalue weighted by molar-refractivity contribution is 0.318. The number of benzene rings is 1. The van der Waals surface area contributed by atoms with Gasteiger partial charge in [0.05, 0.1) is 0 Å². The molecule has 0 aliphatic heterocycles. The van der Waals surface area contributed by atoms with Crippen LogP contribution in [0, 0.1) is 0 Å². The lowest BCUT2D eigenvalue weighted by atomic mass is 10.3. The largest absolute Gasteiger partial charge is 0.504 e. The van der Waals surface area contributed by atoms with Gasteiger partial charge in [-0.05, 0) is 12.1 Å². The second-order valence-corrected chi connectivity index (χ2v) is 3.02. The maximum Gasteiger partial charge on any atom is 0.248 e. The highest BCUT2D eigenvalue weighted by molar-refractivity contribution is 6.43. The van der Waals surface area contributed by atoms with Gasteiger partial charge in [-0.3, -0.25) is 0 Å². The summed E-state index contributed by atoms with van der Waals surface area (Å²) < 4.78 is 4.75. The fraction of sp³-hybridized carbons (Fsp3) is 0.143. The number of rotatable bonds is 2. The number of ether oxygens (including phenoxy) is 1. The second-order valence-electron chi connectivity index (χ2n) is 2.00. The number of hydrogen-bond acceptors (Lipinski definition) is 3. The number of aromatic hydroxyl groups is 2. The molecule has 0 atom stereocenters. The van der Waals surface area contributed by atoms with Gasteiger partial charge >= 0.3 is 0 Å². The van der Waals surface area contributed by atoms with Gasteiger partial charge in [0, 0.05) is 0 Å². The van der Waals surface area contributed by atoms with Gasteiger partial charge in [0.1, 0.15) is 0 Å². The Hall–Kier alpha value is -0.800. The molecule has 0 saturated heterocycles. The van der Waals surface area contributed by atoms with Crippen molar-refractivity contribution in [1.29, 1.82) is 0 Å². The molecule has 2 N–H and O–H groups in total. The van der Waals surface area contributed by atoms with Crippen molar-refractivity contribution < 1.29 is 14.9 Å². The first-order valence-corrected chi connectivity index (χ1v) is 3.94. The van der Waals surface area contributed by atoms with E-state index in [1.54, 1.807) is 0 Å². The van der Waals surface area contributed by atoms with Crippen LogP contribution < -0.4 is 4.74 Å². The Labute approximate surface area is 79.1 Å². The fourth-order valence-corrected chi connectivity index (χ4v) is 0.894. The van der Waals surface area contributed by atoms with Gasteiger partial charge in [0.15, 0.2) is 11.5 Å². The molecule has 1 aromatic carbocycles. The highest BCUT2D eigenvalue weighted by Crippen LogP contribution is 2.35. The SMILES string of the molecule is Oc1cccc(OC(Cl)Cl)c1O. The highest BCUT2D eigenvalue weighted by Gasteiger charge is 2.09. The van der Waals surface area contributed by atoms with Crippen molar-refractivity contribution in [3.05, 3.63) is 18.2 Å². The molecule has 1 rings (SSSR count). The zero-order valence-electron chi connectivity index (χ0n) is 5.87. The normalized spacial score (nSPS) is 10.2. The molecule has 5 heteroatoms. The monoisotopic (exact) mass is 208 g/mol. The van der Waals surface area contributed by atoms with Crippen molar-refractivity contribution >= 4 is 23.2 Å².